The van der Waals surface area contributed by atoms with Crippen LogP contribution >= 0.6 is 24.8 Å². The lowest BCUT2D eigenvalue weighted by molar-refractivity contribution is 0.0640. The smallest absolute Gasteiger partial charge is 0.319 e. The van der Waals surface area contributed by atoms with Crippen molar-refractivity contribution in [2.75, 3.05) is 32.0 Å². The Morgan fingerprint density at radius 2 is 1.96 bits per heavy atom. The number of hydrogen-bond acceptors (Lipinski definition) is 4. The van der Waals surface area contributed by atoms with Gasteiger partial charge in [0.25, 0.3) is 0 Å². The number of carbonyl (C=O) groups excluding carboxylic acids is 1. The molecule has 4 N–H and O–H groups in total. The Morgan fingerprint density at radius 1 is 1.25 bits per heavy atom. The number of nitrogens with zero attached hydrogens (tertiary/aromatic N) is 1. The lowest BCUT2D eigenvalue weighted by Gasteiger charge is -2.31. The summed E-state index contributed by atoms with van der Waals surface area (Å²) in [6.45, 7) is 2.40. The highest BCUT2D eigenvalue weighted by Gasteiger charge is 2.31. The molecule has 1 aromatic carbocycles. The van der Waals surface area contributed by atoms with Crippen LogP contribution < -0.4 is 16.0 Å². The maximum atomic E-state index is 12.3. The van der Waals surface area contributed by atoms with Gasteiger partial charge in [-0.1, -0.05) is 37.5 Å². The lowest BCUT2D eigenvalue weighted by Crippen LogP contribution is -2.45. The molecule has 1 saturated carbocycles. The van der Waals surface area contributed by atoms with E-state index in [-0.39, 0.29) is 37.4 Å². The van der Waals surface area contributed by atoms with Crippen molar-refractivity contribution in [2.45, 2.75) is 56.7 Å². The number of anilines is 1. The van der Waals surface area contributed by atoms with Gasteiger partial charge in [0.05, 0.1) is 5.60 Å². The molecule has 8 heteroatoms. The summed E-state index contributed by atoms with van der Waals surface area (Å²) < 4.78 is 0. The summed E-state index contributed by atoms with van der Waals surface area (Å²) in [7, 11) is 2.18. The van der Waals surface area contributed by atoms with Gasteiger partial charge in [-0.25, -0.2) is 4.79 Å². The number of amides is 2. The highest BCUT2D eigenvalue weighted by atomic mass is 35.5. The molecule has 0 aromatic heterocycles. The number of halogens is 2. The van der Waals surface area contributed by atoms with Gasteiger partial charge >= 0.3 is 6.03 Å². The quantitative estimate of drug-likeness (QED) is 0.556. The van der Waals surface area contributed by atoms with Gasteiger partial charge in [0.2, 0.25) is 0 Å². The Bertz CT molecular complexity index is 606. The monoisotopic (exact) mass is 432 g/mol. The van der Waals surface area contributed by atoms with Crippen molar-refractivity contribution < 1.29 is 9.90 Å². The van der Waals surface area contributed by atoms with Gasteiger partial charge in [0.15, 0.2) is 0 Å². The molecular weight excluding hydrogens is 399 g/mol. The van der Waals surface area contributed by atoms with E-state index in [4.69, 9.17) is 0 Å². The number of para-hydroxylation sites is 1. The summed E-state index contributed by atoms with van der Waals surface area (Å²) in [5.74, 6) is 0. The second-order valence-electron chi connectivity index (χ2n) is 7.82. The van der Waals surface area contributed by atoms with Gasteiger partial charge < -0.3 is 21.1 Å². The lowest BCUT2D eigenvalue weighted by atomic mass is 9.94. The molecule has 3 rings (SSSR count). The number of rotatable bonds is 6. The van der Waals surface area contributed by atoms with Gasteiger partial charge in [0, 0.05) is 31.4 Å². The molecule has 1 aliphatic heterocycles. The Labute approximate surface area is 180 Å². The maximum Gasteiger partial charge on any atom is 0.319 e. The molecule has 0 spiro atoms. The largest absolute Gasteiger partial charge is 0.387 e. The number of urea groups is 1. The Balaban J connectivity index is 0.00000196. The minimum absolute atomic E-state index is 0. The van der Waals surface area contributed by atoms with Crippen LogP contribution in [0.15, 0.2) is 24.3 Å². The molecule has 2 fully saturated rings. The fourth-order valence-corrected chi connectivity index (χ4v) is 3.99. The van der Waals surface area contributed by atoms with Crippen LogP contribution in [-0.2, 0) is 6.54 Å². The molecular formula is C20H34Cl2N4O2. The Hall–Kier alpha value is -1.05. The summed E-state index contributed by atoms with van der Waals surface area (Å²) in [5, 5.41) is 19.2. The van der Waals surface area contributed by atoms with Crippen molar-refractivity contribution >= 4 is 36.5 Å². The molecule has 28 heavy (non-hydrogen) atoms. The number of β-amino-alcohol motifs (C(OH)–C–C–N with tert-alkyl or cyclic N) is 1. The fraction of sp³-hybridized carbons (Fsp3) is 0.650. The molecule has 6 nitrogen and oxygen atoms in total. The molecule has 160 valence electrons. The number of aliphatic hydroxyl groups is 1. The summed E-state index contributed by atoms with van der Waals surface area (Å²) >= 11 is 0. The van der Waals surface area contributed by atoms with Crippen LogP contribution in [0.2, 0.25) is 0 Å². The Morgan fingerprint density at radius 3 is 2.64 bits per heavy atom. The van der Waals surface area contributed by atoms with E-state index in [0.717, 1.165) is 24.3 Å². The first-order chi connectivity index (χ1) is 12.6. The summed E-state index contributed by atoms with van der Waals surface area (Å²) in [4.78, 5) is 14.7. The number of benzene rings is 1. The first-order valence-electron chi connectivity index (χ1n) is 9.82. The molecule has 0 bridgehead atoms. The van der Waals surface area contributed by atoms with Crippen LogP contribution in [0.1, 0.15) is 44.1 Å². The van der Waals surface area contributed by atoms with Gasteiger partial charge in [-0.05, 0) is 44.5 Å². The van der Waals surface area contributed by atoms with Crippen molar-refractivity contribution in [1.29, 1.82) is 0 Å². The van der Waals surface area contributed by atoms with Crippen molar-refractivity contribution in [1.82, 2.24) is 15.5 Å². The van der Waals surface area contributed by atoms with Crippen LogP contribution in [0.25, 0.3) is 0 Å². The second kappa shape index (κ2) is 11.8. The molecule has 2 aliphatic rings. The molecule has 1 unspecified atom stereocenters. The third-order valence-corrected chi connectivity index (χ3v) is 5.68. The predicted molar refractivity (Wildman–Crippen MR) is 119 cm³/mol. The van der Waals surface area contributed by atoms with Crippen molar-refractivity contribution in [3.63, 3.8) is 0 Å². The van der Waals surface area contributed by atoms with E-state index < -0.39 is 5.60 Å². The molecule has 1 heterocycles. The molecule has 1 atom stereocenters. The summed E-state index contributed by atoms with van der Waals surface area (Å²) in [6.07, 6.45) is 7.17. The highest BCUT2D eigenvalue weighted by molar-refractivity contribution is 5.90. The van der Waals surface area contributed by atoms with Crippen LogP contribution in [-0.4, -0.2) is 54.4 Å². The number of hydrogen-bond donors (Lipinski definition) is 4. The summed E-state index contributed by atoms with van der Waals surface area (Å²) in [5.41, 5.74) is 1.12. The van der Waals surface area contributed by atoms with Crippen LogP contribution in [0.3, 0.4) is 0 Å². The topological polar surface area (TPSA) is 76.6 Å². The molecule has 1 saturated heterocycles. The molecule has 1 aliphatic carbocycles. The standard InChI is InChI=1S/C20H32N4O2.2ClH/c1-24(17-8-3-2-4-9-17)13-16-7-5-6-10-18(16)23-19(25)22-15-20(26)11-12-21-14-20;;/h5-7,10,17,21,26H,2-4,8-9,11-15H2,1H3,(H2,22,23,25);2*1H. The van der Waals surface area contributed by atoms with Crippen molar-refractivity contribution in [2.24, 2.45) is 0 Å². The van der Waals surface area contributed by atoms with Gasteiger partial charge in [-0.15, -0.1) is 24.8 Å². The minimum atomic E-state index is -0.835. The van der Waals surface area contributed by atoms with E-state index in [9.17, 15) is 9.90 Å². The van der Waals surface area contributed by atoms with E-state index in [0.29, 0.717) is 19.0 Å². The zero-order chi connectivity index (χ0) is 18.4. The number of nitrogens with one attached hydrogen (secondary N) is 3. The average molecular weight is 433 g/mol. The normalized spacial score (nSPS) is 22.2. The predicted octanol–water partition coefficient (Wildman–Crippen LogP) is 3.14. The maximum absolute atomic E-state index is 12.3. The molecule has 2 amide bonds. The van der Waals surface area contributed by atoms with Crippen molar-refractivity contribution in [3.8, 4) is 0 Å². The van der Waals surface area contributed by atoms with E-state index in [2.05, 4.69) is 34.0 Å². The van der Waals surface area contributed by atoms with E-state index in [1.165, 1.54) is 32.1 Å². The zero-order valence-electron chi connectivity index (χ0n) is 16.6. The third kappa shape index (κ3) is 7.08. The second-order valence-corrected chi connectivity index (χ2v) is 7.82. The minimum Gasteiger partial charge on any atom is -0.387 e. The highest BCUT2D eigenvalue weighted by Crippen LogP contribution is 2.25. The zero-order valence-corrected chi connectivity index (χ0v) is 18.2. The first kappa shape index (κ1) is 25.0. The Kier molecular flexibility index (Phi) is 10.6. The van der Waals surface area contributed by atoms with E-state index in [1.807, 2.05) is 18.2 Å². The number of carbonyl (C=O) groups is 1. The SMILES string of the molecule is CN(Cc1ccccc1NC(=O)NCC1(O)CCNC1)C1CCCCC1.Cl.Cl. The average Bonchev–Trinajstić information content (AvgIpc) is 3.09. The van der Waals surface area contributed by atoms with Gasteiger partial charge in [0.1, 0.15) is 0 Å². The van der Waals surface area contributed by atoms with Crippen molar-refractivity contribution in [3.05, 3.63) is 29.8 Å². The van der Waals surface area contributed by atoms with E-state index >= 15 is 0 Å². The van der Waals surface area contributed by atoms with Crippen LogP contribution in [0, 0.1) is 0 Å². The fourth-order valence-electron chi connectivity index (χ4n) is 3.99. The van der Waals surface area contributed by atoms with Gasteiger partial charge in [-0.3, -0.25) is 4.90 Å². The third-order valence-electron chi connectivity index (χ3n) is 5.68. The van der Waals surface area contributed by atoms with Crippen LogP contribution in [0.5, 0.6) is 0 Å². The van der Waals surface area contributed by atoms with Gasteiger partial charge in [-0.2, -0.15) is 0 Å². The first-order valence-corrected chi connectivity index (χ1v) is 9.82. The van der Waals surface area contributed by atoms with Crippen LogP contribution in [0.4, 0.5) is 10.5 Å². The molecule has 0 radical (unpaired) electrons. The summed E-state index contributed by atoms with van der Waals surface area (Å²) in [6, 6.07) is 8.33. The molecule has 1 aromatic rings. The van der Waals surface area contributed by atoms with E-state index in [1.54, 1.807) is 0 Å².